The fourth-order valence-corrected chi connectivity index (χ4v) is 4.75. The minimum Gasteiger partial charge on any atom is -0.303 e. The zero-order valence-electron chi connectivity index (χ0n) is 22.9. The van der Waals surface area contributed by atoms with E-state index in [-0.39, 0.29) is 0 Å². The SMILES string of the molecule is O=CCCCCCC=CCCCCCCCCCCCCCCCCCCCCCCCC=O. The van der Waals surface area contributed by atoms with Crippen LogP contribution >= 0.6 is 0 Å². The number of aldehydes is 2. The number of unbranched alkanes of at least 4 members (excludes halogenated alkanes) is 26. The summed E-state index contributed by atoms with van der Waals surface area (Å²) in [5.41, 5.74) is 0. The molecule has 0 heterocycles. The highest BCUT2D eigenvalue weighted by Gasteiger charge is 1.96. The summed E-state index contributed by atoms with van der Waals surface area (Å²) in [5, 5.41) is 0. The van der Waals surface area contributed by atoms with E-state index in [0.717, 1.165) is 38.3 Å². The lowest BCUT2D eigenvalue weighted by atomic mass is 10.0. The smallest absolute Gasteiger partial charge is 0.119 e. The van der Waals surface area contributed by atoms with E-state index >= 15 is 0 Å². The summed E-state index contributed by atoms with van der Waals surface area (Å²) in [6.07, 6.45) is 43.5. The maximum Gasteiger partial charge on any atom is 0.119 e. The van der Waals surface area contributed by atoms with Gasteiger partial charge < -0.3 is 9.59 Å². The van der Waals surface area contributed by atoms with Crippen LogP contribution in [0.3, 0.4) is 0 Å². The molecule has 0 aliphatic rings. The summed E-state index contributed by atoms with van der Waals surface area (Å²) in [6.45, 7) is 0. The molecule has 0 aliphatic heterocycles. The lowest BCUT2D eigenvalue weighted by Gasteiger charge is -2.04. The first-order valence-electron chi connectivity index (χ1n) is 15.4. The molecule has 0 aliphatic carbocycles. The quantitative estimate of drug-likeness (QED) is 0.0586. The van der Waals surface area contributed by atoms with Gasteiger partial charge in [0.25, 0.3) is 0 Å². The minimum absolute atomic E-state index is 0.734. The van der Waals surface area contributed by atoms with Crippen molar-refractivity contribution in [1.82, 2.24) is 0 Å². The molecule has 0 amide bonds. The highest BCUT2D eigenvalue weighted by Crippen LogP contribution is 2.15. The molecule has 0 aromatic heterocycles. The second-order valence-electron chi connectivity index (χ2n) is 10.4. The molecular formula is C32H60O2. The number of carbonyl (C=O) groups excluding carboxylic acids is 2. The number of hydrogen-bond donors (Lipinski definition) is 0. The van der Waals surface area contributed by atoms with E-state index in [4.69, 9.17) is 0 Å². The van der Waals surface area contributed by atoms with Crippen LogP contribution in [0.2, 0.25) is 0 Å². The van der Waals surface area contributed by atoms with Gasteiger partial charge in [-0.1, -0.05) is 141 Å². The maximum absolute atomic E-state index is 10.3. The molecule has 200 valence electrons. The molecule has 0 atom stereocenters. The van der Waals surface area contributed by atoms with Crippen LogP contribution in [0.25, 0.3) is 0 Å². The van der Waals surface area contributed by atoms with Crippen LogP contribution in [-0.4, -0.2) is 12.6 Å². The summed E-state index contributed by atoms with van der Waals surface area (Å²) in [5.74, 6) is 0. The van der Waals surface area contributed by atoms with E-state index in [2.05, 4.69) is 12.2 Å². The molecule has 0 N–H and O–H groups in total. The largest absolute Gasteiger partial charge is 0.303 e. The van der Waals surface area contributed by atoms with E-state index in [1.54, 1.807) is 0 Å². The summed E-state index contributed by atoms with van der Waals surface area (Å²) < 4.78 is 0. The van der Waals surface area contributed by atoms with E-state index in [1.165, 1.54) is 154 Å². The van der Waals surface area contributed by atoms with Crippen LogP contribution in [0.4, 0.5) is 0 Å². The van der Waals surface area contributed by atoms with Crippen molar-refractivity contribution in [3.8, 4) is 0 Å². The standard InChI is InChI=1S/C32H60O2/c33-31-29-27-25-23-21-19-17-15-13-11-9-7-5-3-1-2-4-6-8-10-12-14-16-18-20-22-24-26-28-30-32-34/h17,19,31-32H,1-16,18,20-30H2. The summed E-state index contributed by atoms with van der Waals surface area (Å²) >= 11 is 0. The Hall–Kier alpha value is -0.920. The van der Waals surface area contributed by atoms with Gasteiger partial charge in [-0.25, -0.2) is 0 Å². The normalized spacial score (nSPS) is 11.4. The molecule has 2 nitrogen and oxygen atoms in total. The number of allylic oxidation sites excluding steroid dienone is 2. The van der Waals surface area contributed by atoms with Crippen molar-refractivity contribution in [1.29, 1.82) is 0 Å². The summed E-state index contributed by atoms with van der Waals surface area (Å²) in [6, 6.07) is 0. The van der Waals surface area contributed by atoms with E-state index in [9.17, 15) is 9.59 Å². The zero-order chi connectivity index (χ0) is 24.6. The van der Waals surface area contributed by atoms with Gasteiger partial charge >= 0.3 is 0 Å². The Bertz CT molecular complexity index is 415. The van der Waals surface area contributed by atoms with E-state index < -0.39 is 0 Å². The second kappa shape index (κ2) is 32.1. The Balaban J connectivity index is 3.05. The summed E-state index contributed by atoms with van der Waals surface area (Å²) in [7, 11) is 0. The van der Waals surface area contributed by atoms with Gasteiger partial charge in [0.15, 0.2) is 0 Å². The lowest BCUT2D eigenvalue weighted by Crippen LogP contribution is -1.84. The Kier molecular flexibility index (Phi) is 31.2. The van der Waals surface area contributed by atoms with Gasteiger partial charge in [0.2, 0.25) is 0 Å². The number of hydrogen-bond acceptors (Lipinski definition) is 2. The monoisotopic (exact) mass is 476 g/mol. The second-order valence-corrected chi connectivity index (χ2v) is 10.4. The van der Waals surface area contributed by atoms with Crippen molar-refractivity contribution in [2.75, 3.05) is 0 Å². The average molecular weight is 477 g/mol. The third kappa shape index (κ3) is 31.1. The molecule has 0 unspecified atom stereocenters. The number of carbonyl (C=O) groups is 2. The van der Waals surface area contributed by atoms with E-state index in [0.29, 0.717) is 0 Å². The first-order chi connectivity index (χ1) is 16.9. The molecule has 0 aromatic rings. The molecule has 0 saturated carbocycles. The fourth-order valence-electron chi connectivity index (χ4n) is 4.75. The molecule has 0 rings (SSSR count). The molecule has 0 radical (unpaired) electrons. The molecular weight excluding hydrogens is 416 g/mol. The molecule has 34 heavy (non-hydrogen) atoms. The highest BCUT2D eigenvalue weighted by molar-refractivity contribution is 5.49. The maximum atomic E-state index is 10.3. The Morgan fingerprint density at radius 3 is 0.647 bits per heavy atom. The van der Waals surface area contributed by atoms with Crippen molar-refractivity contribution in [3.05, 3.63) is 12.2 Å². The highest BCUT2D eigenvalue weighted by atomic mass is 16.1. The van der Waals surface area contributed by atoms with Gasteiger partial charge in [0.05, 0.1) is 0 Å². The van der Waals surface area contributed by atoms with Gasteiger partial charge in [0.1, 0.15) is 12.6 Å². The fraction of sp³-hybridized carbons (Fsp3) is 0.875. The molecule has 0 aromatic carbocycles. The minimum atomic E-state index is 0.734. The molecule has 2 heteroatoms. The van der Waals surface area contributed by atoms with Gasteiger partial charge in [-0.05, 0) is 38.5 Å². The van der Waals surface area contributed by atoms with Crippen molar-refractivity contribution < 1.29 is 9.59 Å². The predicted octanol–water partition coefficient (Wildman–Crippen LogP) is 10.9. The van der Waals surface area contributed by atoms with Gasteiger partial charge in [-0.2, -0.15) is 0 Å². The third-order valence-corrected chi connectivity index (χ3v) is 7.05. The molecule has 0 saturated heterocycles. The topological polar surface area (TPSA) is 34.1 Å². The van der Waals surface area contributed by atoms with Crippen molar-refractivity contribution in [2.45, 2.75) is 180 Å². The van der Waals surface area contributed by atoms with Crippen LogP contribution in [0, 0.1) is 0 Å². The average Bonchev–Trinajstić information content (AvgIpc) is 2.85. The van der Waals surface area contributed by atoms with Crippen molar-refractivity contribution in [2.24, 2.45) is 0 Å². The molecule has 0 bridgehead atoms. The van der Waals surface area contributed by atoms with Gasteiger partial charge in [0, 0.05) is 12.8 Å². The van der Waals surface area contributed by atoms with Crippen LogP contribution in [0.5, 0.6) is 0 Å². The van der Waals surface area contributed by atoms with Crippen LogP contribution in [0.1, 0.15) is 180 Å². The molecule has 0 spiro atoms. The van der Waals surface area contributed by atoms with E-state index in [1.807, 2.05) is 0 Å². The Morgan fingerprint density at radius 1 is 0.235 bits per heavy atom. The van der Waals surface area contributed by atoms with Crippen molar-refractivity contribution >= 4 is 12.6 Å². The predicted molar refractivity (Wildman–Crippen MR) is 151 cm³/mol. The van der Waals surface area contributed by atoms with Crippen LogP contribution in [-0.2, 0) is 9.59 Å². The summed E-state index contributed by atoms with van der Waals surface area (Å²) in [4.78, 5) is 20.5. The Morgan fingerprint density at radius 2 is 0.412 bits per heavy atom. The first kappa shape index (κ1) is 33.1. The first-order valence-corrected chi connectivity index (χ1v) is 15.4. The van der Waals surface area contributed by atoms with Crippen LogP contribution < -0.4 is 0 Å². The lowest BCUT2D eigenvalue weighted by molar-refractivity contribution is -0.108. The van der Waals surface area contributed by atoms with Crippen LogP contribution in [0.15, 0.2) is 12.2 Å². The molecule has 0 fully saturated rings. The van der Waals surface area contributed by atoms with Gasteiger partial charge in [-0.15, -0.1) is 0 Å². The van der Waals surface area contributed by atoms with Crippen molar-refractivity contribution in [3.63, 3.8) is 0 Å². The third-order valence-electron chi connectivity index (χ3n) is 7.05. The van der Waals surface area contributed by atoms with Gasteiger partial charge in [-0.3, -0.25) is 0 Å². The number of rotatable bonds is 30. The Labute approximate surface area is 214 Å². The zero-order valence-corrected chi connectivity index (χ0v) is 22.9.